The fourth-order valence-electron chi connectivity index (χ4n) is 3.35. The molecule has 104 valence electrons. The summed E-state index contributed by atoms with van der Waals surface area (Å²) in [6.45, 7) is 4.83. The number of hydrogen-bond acceptors (Lipinski definition) is 4. The highest BCUT2D eigenvalue weighted by Crippen LogP contribution is 2.22. The van der Waals surface area contributed by atoms with Gasteiger partial charge in [0, 0.05) is 31.5 Å². The molecule has 0 spiro atoms. The summed E-state index contributed by atoms with van der Waals surface area (Å²) in [5.74, 6) is 0.900. The highest BCUT2D eigenvalue weighted by molar-refractivity contribution is 5.29. The van der Waals surface area contributed by atoms with Crippen molar-refractivity contribution in [1.29, 1.82) is 0 Å². The molecule has 0 N–H and O–H groups in total. The van der Waals surface area contributed by atoms with Crippen LogP contribution in [0.2, 0.25) is 0 Å². The molecule has 2 aliphatic heterocycles. The molecule has 3 heterocycles. The predicted molar refractivity (Wildman–Crippen MR) is 77.3 cm³/mol. The maximum Gasteiger partial charge on any atom is 0.225 e. The Morgan fingerprint density at radius 1 is 0.842 bits per heavy atom. The van der Waals surface area contributed by atoms with Crippen LogP contribution in [0.15, 0.2) is 18.5 Å². The van der Waals surface area contributed by atoms with Crippen molar-refractivity contribution in [2.75, 3.05) is 31.1 Å². The van der Waals surface area contributed by atoms with Crippen molar-refractivity contribution in [2.45, 2.75) is 44.6 Å². The molecule has 2 saturated heterocycles. The van der Waals surface area contributed by atoms with Gasteiger partial charge in [0.1, 0.15) is 0 Å². The van der Waals surface area contributed by atoms with E-state index in [4.69, 9.17) is 0 Å². The van der Waals surface area contributed by atoms with Crippen LogP contribution < -0.4 is 4.90 Å². The van der Waals surface area contributed by atoms with Gasteiger partial charge in [-0.1, -0.05) is 12.8 Å². The van der Waals surface area contributed by atoms with Gasteiger partial charge in [-0.25, -0.2) is 9.97 Å². The molecule has 2 aliphatic rings. The molecule has 0 radical (unpaired) electrons. The standard InChI is InChI=1S/C15H24N4/c1-2-4-11-18(10-3-1)14-6-12-19(13-7-14)15-16-8-5-9-17-15/h5,8-9,14H,1-4,6-7,10-13H2. The van der Waals surface area contributed by atoms with Crippen LogP contribution in [0.25, 0.3) is 0 Å². The van der Waals surface area contributed by atoms with Crippen molar-refractivity contribution < 1.29 is 0 Å². The molecule has 4 heteroatoms. The molecule has 19 heavy (non-hydrogen) atoms. The second-order valence-corrected chi connectivity index (χ2v) is 5.72. The smallest absolute Gasteiger partial charge is 0.225 e. The average molecular weight is 260 g/mol. The van der Waals surface area contributed by atoms with Gasteiger partial charge in [0.25, 0.3) is 0 Å². The van der Waals surface area contributed by atoms with Crippen molar-refractivity contribution in [3.05, 3.63) is 18.5 Å². The van der Waals surface area contributed by atoms with Gasteiger partial charge in [-0.05, 0) is 44.8 Å². The third-order valence-electron chi connectivity index (χ3n) is 4.46. The summed E-state index contributed by atoms with van der Waals surface area (Å²) in [4.78, 5) is 13.8. The van der Waals surface area contributed by atoms with Gasteiger partial charge in [-0.15, -0.1) is 0 Å². The van der Waals surface area contributed by atoms with E-state index < -0.39 is 0 Å². The maximum atomic E-state index is 4.36. The number of aromatic nitrogens is 2. The molecular formula is C15H24N4. The zero-order valence-electron chi connectivity index (χ0n) is 11.7. The Morgan fingerprint density at radius 3 is 2.11 bits per heavy atom. The lowest BCUT2D eigenvalue weighted by atomic mass is 10.0. The quantitative estimate of drug-likeness (QED) is 0.817. The zero-order valence-corrected chi connectivity index (χ0v) is 11.7. The van der Waals surface area contributed by atoms with Gasteiger partial charge in [0.2, 0.25) is 5.95 Å². The largest absolute Gasteiger partial charge is 0.341 e. The molecular weight excluding hydrogens is 236 g/mol. The first-order valence-electron chi connectivity index (χ1n) is 7.69. The Morgan fingerprint density at radius 2 is 1.47 bits per heavy atom. The summed E-state index contributed by atoms with van der Waals surface area (Å²) in [5.41, 5.74) is 0. The number of anilines is 1. The van der Waals surface area contributed by atoms with Crippen LogP contribution in [0.3, 0.4) is 0 Å². The minimum absolute atomic E-state index is 0.790. The third-order valence-corrected chi connectivity index (χ3v) is 4.46. The number of hydrogen-bond donors (Lipinski definition) is 0. The number of likely N-dealkylation sites (tertiary alicyclic amines) is 1. The number of piperidine rings is 1. The summed E-state index contributed by atoms with van der Waals surface area (Å²) in [7, 11) is 0. The van der Waals surface area contributed by atoms with Gasteiger partial charge in [0.05, 0.1) is 0 Å². The second-order valence-electron chi connectivity index (χ2n) is 5.72. The van der Waals surface area contributed by atoms with Crippen LogP contribution in [0, 0.1) is 0 Å². The van der Waals surface area contributed by atoms with E-state index in [2.05, 4.69) is 19.8 Å². The maximum absolute atomic E-state index is 4.36. The van der Waals surface area contributed by atoms with Crippen LogP contribution in [0.1, 0.15) is 38.5 Å². The molecule has 0 bridgehead atoms. The molecule has 1 aromatic rings. The van der Waals surface area contributed by atoms with E-state index in [1.54, 1.807) is 0 Å². The van der Waals surface area contributed by atoms with E-state index in [1.807, 2.05) is 18.5 Å². The van der Waals surface area contributed by atoms with E-state index in [0.29, 0.717) is 0 Å². The Hall–Kier alpha value is -1.16. The first-order valence-corrected chi connectivity index (χ1v) is 7.69. The summed E-state index contributed by atoms with van der Waals surface area (Å²) in [6, 6.07) is 2.67. The topological polar surface area (TPSA) is 32.3 Å². The monoisotopic (exact) mass is 260 g/mol. The molecule has 0 aliphatic carbocycles. The summed E-state index contributed by atoms with van der Waals surface area (Å²) >= 11 is 0. The molecule has 2 fully saturated rings. The lowest BCUT2D eigenvalue weighted by Crippen LogP contribution is -2.45. The molecule has 0 atom stereocenters. The first kappa shape index (κ1) is 12.9. The van der Waals surface area contributed by atoms with Gasteiger partial charge < -0.3 is 9.80 Å². The molecule has 0 saturated carbocycles. The Bertz CT molecular complexity index is 365. The van der Waals surface area contributed by atoms with Crippen molar-refractivity contribution in [3.8, 4) is 0 Å². The Labute approximate surface area is 115 Å². The fourth-order valence-corrected chi connectivity index (χ4v) is 3.35. The van der Waals surface area contributed by atoms with E-state index in [-0.39, 0.29) is 0 Å². The van der Waals surface area contributed by atoms with E-state index in [1.165, 1.54) is 51.6 Å². The van der Waals surface area contributed by atoms with Crippen molar-refractivity contribution in [1.82, 2.24) is 14.9 Å². The predicted octanol–water partition coefficient (Wildman–Crippen LogP) is 2.32. The van der Waals surface area contributed by atoms with Gasteiger partial charge in [0.15, 0.2) is 0 Å². The van der Waals surface area contributed by atoms with E-state index in [9.17, 15) is 0 Å². The van der Waals surface area contributed by atoms with Crippen LogP contribution >= 0.6 is 0 Å². The van der Waals surface area contributed by atoms with E-state index >= 15 is 0 Å². The Balaban J connectivity index is 1.54. The Kier molecular flexibility index (Phi) is 4.28. The zero-order chi connectivity index (χ0) is 12.9. The second kappa shape index (κ2) is 6.33. The first-order chi connectivity index (χ1) is 9.43. The van der Waals surface area contributed by atoms with Crippen LogP contribution in [-0.4, -0.2) is 47.1 Å². The van der Waals surface area contributed by atoms with Crippen molar-refractivity contribution in [3.63, 3.8) is 0 Å². The van der Waals surface area contributed by atoms with E-state index in [0.717, 1.165) is 25.1 Å². The summed E-state index contributed by atoms with van der Waals surface area (Å²) < 4.78 is 0. The highest BCUT2D eigenvalue weighted by Gasteiger charge is 2.25. The minimum Gasteiger partial charge on any atom is -0.341 e. The number of rotatable bonds is 2. The summed E-state index contributed by atoms with van der Waals surface area (Å²) in [5, 5.41) is 0. The molecule has 0 unspecified atom stereocenters. The lowest BCUT2D eigenvalue weighted by molar-refractivity contribution is 0.175. The fraction of sp³-hybridized carbons (Fsp3) is 0.733. The SMILES string of the molecule is c1cnc(N2CCC(N3CCCCCC3)CC2)nc1. The van der Waals surface area contributed by atoms with Gasteiger partial charge in [-0.2, -0.15) is 0 Å². The molecule has 0 aromatic carbocycles. The van der Waals surface area contributed by atoms with Crippen molar-refractivity contribution >= 4 is 5.95 Å². The minimum atomic E-state index is 0.790. The van der Waals surface area contributed by atoms with Crippen molar-refractivity contribution in [2.24, 2.45) is 0 Å². The molecule has 3 rings (SSSR count). The van der Waals surface area contributed by atoms with Crippen LogP contribution in [-0.2, 0) is 0 Å². The third kappa shape index (κ3) is 3.24. The lowest BCUT2D eigenvalue weighted by Gasteiger charge is -2.38. The molecule has 0 amide bonds. The normalized spacial score (nSPS) is 23.3. The number of nitrogens with zero attached hydrogens (tertiary/aromatic N) is 4. The molecule has 4 nitrogen and oxygen atoms in total. The van der Waals surface area contributed by atoms with Gasteiger partial charge in [-0.3, -0.25) is 0 Å². The van der Waals surface area contributed by atoms with Gasteiger partial charge >= 0.3 is 0 Å². The van der Waals surface area contributed by atoms with Crippen LogP contribution in [0.5, 0.6) is 0 Å². The van der Waals surface area contributed by atoms with Crippen LogP contribution in [0.4, 0.5) is 5.95 Å². The summed E-state index contributed by atoms with van der Waals surface area (Å²) in [6.07, 6.45) is 11.8. The highest BCUT2D eigenvalue weighted by atomic mass is 15.3. The average Bonchev–Trinajstić information content (AvgIpc) is 2.77. The molecule has 1 aromatic heterocycles.